The molecule has 0 amide bonds. The van der Waals surface area contributed by atoms with Crippen molar-refractivity contribution in [3.05, 3.63) is 0 Å². The molecule has 1 atom stereocenters. The van der Waals surface area contributed by atoms with Gasteiger partial charge >= 0.3 is 12.1 Å². The van der Waals surface area contributed by atoms with Crippen molar-refractivity contribution < 1.29 is 22.5 Å². The largest absolute Gasteiger partial charge is 0.491 e. The highest BCUT2D eigenvalue weighted by molar-refractivity contribution is 7.33. The molecule has 0 saturated heterocycles. The third-order valence-corrected chi connectivity index (χ3v) is 3.37. The smallest absolute Gasteiger partial charge is 0.441 e. The van der Waals surface area contributed by atoms with Crippen molar-refractivity contribution >= 4 is 14.8 Å². The van der Waals surface area contributed by atoms with Crippen LogP contribution in [-0.4, -0.2) is 17.8 Å². The molecule has 0 aromatic heterocycles. The van der Waals surface area contributed by atoms with Crippen molar-refractivity contribution in [2.75, 3.05) is 0 Å². The lowest BCUT2D eigenvalue weighted by molar-refractivity contribution is -0.188. The SMILES string of the molecule is O=C(OPC1CCCCC1)C(F)(F)F. The molecule has 0 aromatic carbocycles. The molecule has 6 heteroatoms. The van der Waals surface area contributed by atoms with Gasteiger partial charge in [0.25, 0.3) is 0 Å². The van der Waals surface area contributed by atoms with Gasteiger partial charge in [0.15, 0.2) is 0 Å². The van der Waals surface area contributed by atoms with Gasteiger partial charge in [-0.25, -0.2) is 4.79 Å². The molecule has 0 heterocycles. The van der Waals surface area contributed by atoms with Crippen molar-refractivity contribution in [3.8, 4) is 0 Å². The molecule has 0 spiro atoms. The first-order chi connectivity index (χ1) is 6.50. The molecule has 1 saturated carbocycles. The molecule has 14 heavy (non-hydrogen) atoms. The van der Waals surface area contributed by atoms with Crippen LogP contribution in [-0.2, 0) is 9.32 Å². The average molecular weight is 228 g/mol. The van der Waals surface area contributed by atoms with Crippen LogP contribution < -0.4 is 0 Å². The van der Waals surface area contributed by atoms with Crippen LogP contribution in [0.2, 0.25) is 0 Å². The monoisotopic (exact) mass is 228 g/mol. The topological polar surface area (TPSA) is 26.3 Å². The molecule has 2 nitrogen and oxygen atoms in total. The number of carbonyl (C=O) groups is 1. The quantitative estimate of drug-likeness (QED) is 0.679. The molecule has 0 N–H and O–H groups in total. The lowest BCUT2D eigenvalue weighted by Gasteiger charge is -2.20. The molecule has 0 bridgehead atoms. The minimum Gasteiger partial charge on any atom is -0.441 e. The van der Waals surface area contributed by atoms with Crippen LogP contribution in [0.4, 0.5) is 13.2 Å². The highest BCUT2D eigenvalue weighted by atomic mass is 31.1. The van der Waals surface area contributed by atoms with E-state index in [-0.39, 0.29) is 14.5 Å². The summed E-state index contributed by atoms with van der Waals surface area (Å²) in [5.74, 6) is -2.05. The molecule has 1 rings (SSSR count). The van der Waals surface area contributed by atoms with Crippen LogP contribution >= 0.6 is 8.81 Å². The zero-order chi connectivity index (χ0) is 10.6. The molecule has 1 unspecified atom stereocenters. The van der Waals surface area contributed by atoms with Gasteiger partial charge in [-0.2, -0.15) is 13.2 Å². The summed E-state index contributed by atoms with van der Waals surface area (Å²) in [6.07, 6.45) is 0.103. The number of hydrogen-bond acceptors (Lipinski definition) is 2. The molecular formula is C8H12F3O2P. The zero-order valence-electron chi connectivity index (χ0n) is 7.56. The van der Waals surface area contributed by atoms with Gasteiger partial charge in [0.2, 0.25) is 0 Å². The molecular weight excluding hydrogens is 216 g/mol. The van der Waals surface area contributed by atoms with Crippen molar-refractivity contribution in [1.29, 1.82) is 0 Å². The van der Waals surface area contributed by atoms with E-state index in [0.717, 1.165) is 32.1 Å². The van der Waals surface area contributed by atoms with Crippen molar-refractivity contribution in [2.45, 2.75) is 43.9 Å². The van der Waals surface area contributed by atoms with Crippen molar-refractivity contribution in [3.63, 3.8) is 0 Å². The summed E-state index contributed by atoms with van der Waals surface area (Å²) in [5.41, 5.74) is 0.148. The lowest BCUT2D eigenvalue weighted by Crippen LogP contribution is -2.23. The zero-order valence-corrected chi connectivity index (χ0v) is 8.56. The Balaban J connectivity index is 2.22. The first-order valence-electron chi connectivity index (χ1n) is 4.53. The Kier molecular flexibility index (Phi) is 4.17. The molecule has 1 aliphatic rings. The van der Waals surface area contributed by atoms with E-state index in [1.165, 1.54) is 0 Å². The Morgan fingerprint density at radius 3 is 2.29 bits per heavy atom. The summed E-state index contributed by atoms with van der Waals surface area (Å²) in [6, 6.07) is 0. The van der Waals surface area contributed by atoms with Gasteiger partial charge in [-0.05, 0) is 12.8 Å². The maximum absolute atomic E-state index is 11.7. The minimum atomic E-state index is -4.85. The first kappa shape index (κ1) is 11.8. The highest BCUT2D eigenvalue weighted by Gasteiger charge is 2.41. The predicted molar refractivity (Wildman–Crippen MR) is 47.3 cm³/mol. The van der Waals surface area contributed by atoms with Gasteiger partial charge in [0.05, 0.1) is 8.81 Å². The average Bonchev–Trinajstić information content (AvgIpc) is 2.14. The van der Waals surface area contributed by atoms with Crippen molar-refractivity contribution in [1.82, 2.24) is 0 Å². The summed E-state index contributed by atoms with van der Waals surface area (Å²) >= 11 is 0. The van der Waals surface area contributed by atoms with Crippen LogP contribution in [0.3, 0.4) is 0 Å². The molecule has 0 aliphatic heterocycles. The summed E-state index contributed by atoms with van der Waals surface area (Å²) in [5, 5.41) is 0. The van der Waals surface area contributed by atoms with E-state index >= 15 is 0 Å². The molecule has 0 aromatic rings. The number of hydrogen-bond donors (Lipinski definition) is 0. The van der Waals surface area contributed by atoms with E-state index in [9.17, 15) is 18.0 Å². The summed E-state index contributed by atoms with van der Waals surface area (Å²) in [7, 11) is -0.334. The summed E-state index contributed by atoms with van der Waals surface area (Å²) in [6.45, 7) is 0. The van der Waals surface area contributed by atoms with E-state index in [0.29, 0.717) is 0 Å². The van der Waals surface area contributed by atoms with Crippen LogP contribution in [0.5, 0.6) is 0 Å². The van der Waals surface area contributed by atoms with E-state index in [1.807, 2.05) is 0 Å². The second-order valence-electron chi connectivity index (χ2n) is 3.34. The normalized spacial score (nSPS) is 20.2. The van der Waals surface area contributed by atoms with Gasteiger partial charge < -0.3 is 4.52 Å². The number of rotatable bonds is 2. The Bertz CT molecular complexity index is 199. The lowest BCUT2D eigenvalue weighted by atomic mass is 10.0. The summed E-state index contributed by atoms with van der Waals surface area (Å²) < 4.78 is 39.4. The third kappa shape index (κ3) is 3.82. The van der Waals surface area contributed by atoms with E-state index in [1.54, 1.807) is 0 Å². The fourth-order valence-electron chi connectivity index (χ4n) is 1.42. The number of carbonyl (C=O) groups excluding carboxylic acids is 1. The van der Waals surface area contributed by atoms with Crippen LogP contribution in [0.1, 0.15) is 32.1 Å². The van der Waals surface area contributed by atoms with Crippen molar-refractivity contribution in [2.24, 2.45) is 0 Å². The molecule has 0 radical (unpaired) electrons. The summed E-state index contributed by atoms with van der Waals surface area (Å²) in [4.78, 5) is 10.4. The standard InChI is InChI=1S/C8H12F3O2P/c9-8(10,11)7(12)13-14-6-4-2-1-3-5-6/h6,14H,1-5H2. The second-order valence-corrected chi connectivity index (χ2v) is 4.60. The number of alkyl halides is 3. The molecule has 82 valence electrons. The molecule has 1 aliphatic carbocycles. The van der Waals surface area contributed by atoms with Gasteiger partial charge in [0.1, 0.15) is 0 Å². The fraction of sp³-hybridized carbons (Fsp3) is 0.875. The van der Waals surface area contributed by atoms with Gasteiger partial charge in [0, 0.05) is 5.66 Å². The van der Waals surface area contributed by atoms with Crippen LogP contribution in [0.15, 0.2) is 0 Å². The van der Waals surface area contributed by atoms with E-state index < -0.39 is 12.1 Å². The predicted octanol–water partition coefficient (Wildman–Crippen LogP) is 3.02. The van der Waals surface area contributed by atoms with Crippen LogP contribution in [0.25, 0.3) is 0 Å². The Labute approximate surface area is 82.1 Å². The Morgan fingerprint density at radius 2 is 1.79 bits per heavy atom. The van der Waals surface area contributed by atoms with Gasteiger partial charge in [-0.1, -0.05) is 19.3 Å². The third-order valence-electron chi connectivity index (χ3n) is 2.15. The number of halogens is 3. The Morgan fingerprint density at radius 1 is 1.21 bits per heavy atom. The van der Waals surface area contributed by atoms with E-state index in [2.05, 4.69) is 4.52 Å². The fourth-order valence-corrected chi connectivity index (χ4v) is 2.45. The van der Waals surface area contributed by atoms with Gasteiger partial charge in [-0.15, -0.1) is 0 Å². The van der Waals surface area contributed by atoms with E-state index in [4.69, 9.17) is 0 Å². The second kappa shape index (κ2) is 4.96. The maximum Gasteiger partial charge on any atom is 0.491 e. The Hall–Kier alpha value is -0.310. The first-order valence-corrected chi connectivity index (χ1v) is 5.52. The minimum absolute atomic E-state index is 0.148. The molecule has 1 fully saturated rings. The maximum atomic E-state index is 11.7. The highest BCUT2D eigenvalue weighted by Crippen LogP contribution is 2.35. The van der Waals surface area contributed by atoms with Crippen LogP contribution in [0, 0.1) is 0 Å². The van der Waals surface area contributed by atoms with Gasteiger partial charge in [-0.3, -0.25) is 0 Å².